The molecule has 0 bridgehead atoms. The summed E-state index contributed by atoms with van der Waals surface area (Å²) in [6, 6.07) is 8.06. The molecule has 1 aliphatic rings. The average molecular weight is 495 g/mol. The summed E-state index contributed by atoms with van der Waals surface area (Å²) in [5.41, 5.74) is 5.68. The molecule has 10 heteroatoms. The van der Waals surface area contributed by atoms with Gasteiger partial charge in [-0.05, 0) is 32.3 Å². The molecule has 0 amide bonds. The van der Waals surface area contributed by atoms with Crippen molar-refractivity contribution in [1.29, 1.82) is 0 Å². The maximum Gasteiger partial charge on any atom is 0.273 e. The molecular formula is C27H26N8O2. The van der Waals surface area contributed by atoms with Crippen LogP contribution in [-0.4, -0.2) is 46.1 Å². The standard InChI is InChI=1S/C27H26N8O2/c1-15-12-34(3)24(31-15)19-7-5-17(6-8-19)13-35-25-20(32-16(2)27(35)36)11-28-23(33-25)21-22(18-9-10-18)29-14-30-26(21)37-4/h5-8,11-12,14,18H,9-10,13H2,1-4H3. The number of aromatic nitrogens is 8. The number of benzene rings is 1. The van der Waals surface area contributed by atoms with Crippen molar-refractivity contribution < 1.29 is 4.74 Å². The zero-order valence-electron chi connectivity index (χ0n) is 21.1. The van der Waals surface area contributed by atoms with E-state index in [1.165, 1.54) is 6.33 Å². The van der Waals surface area contributed by atoms with Crippen LogP contribution in [0.1, 0.15) is 41.4 Å². The second kappa shape index (κ2) is 8.88. The lowest BCUT2D eigenvalue weighted by Crippen LogP contribution is -2.25. The van der Waals surface area contributed by atoms with Crippen LogP contribution in [0.5, 0.6) is 5.88 Å². The second-order valence-electron chi connectivity index (χ2n) is 9.42. The van der Waals surface area contributed by atoms with Gasteiger partial charge < -0.3 is 9.30 Å². The predicted molar refractivity (Wildman–Crippen MR) is 138 cm³/mol. The van der Waals surface area contributed by atoms with Crippen LogP contribution in [0.15, 0.2) is 47.8 Å². The van der Waals surface area contributed by atoms with Crippen molar-refractivity contribution >= 4 is 11.2 Å². The Hall–Kier alpha value is -4.47. The average Bonchev–Trinajstić information content (AvgIpc) is 3.70. The molecule has 186 valence electrons. The lowest BCUT2D eigenvalue weighted by molar-refractivity contribution is 0.397. The smallest absolute Gasteiger partial charge is 0.273 e. The van der Waals surface area contributed by atoms with Gasteiger partial charge in [-0.25, -0.2) is 29.9 Å². The van der Waals surface area contributed by atoms with Gasteiger partial charge in [0.15, 0.2) is 11.5 Å². The first-order valence-corrected chi connectivity index (χ1v) is 12.2. The van der Waals surface area contributed by atoms with Crippen molar-refractivity contribution in [2.75, 3.05) is 7.11 Å². The van der Waals surface area contributed by atoms with Crippen molar-refractivity contribution in [2.24, 2.45) is 7.05 Å². The predicted octanol–water partition coefficient (Wildman–Crippen LogP) is 3.60. The Balaban J connectivity index is 1.44. The van der Waals surface area contributed by atoms with Gasteiger partial charge in [-0.2, -0.15) is 0 Å². The van der Waals surface area contributed by atoms with E-state index in [1.54, 1.807) is 24.8 Å². The summed E-state index contributed by atoms with van der Waals surface area (Å²) in [5, 5.41) is 0. The molecule has 1 aliphatic carbocycles. The van der Waals surface area contributed by atoms with Gasteiger partial charge >= 0.3 is 0 Å². The van der Waals surface area contributed by atoms with Crippen LogP contribution >= 0.6 is 0 Å². The molecule has 4 aromatic heterocycles. The number of aryl methyl sites for hydroxylation is 3. The minimum absolute atomic E-state index is 0.195. The van der Waals surface area contributed by atoms with Crippen LogP contribution in [0.4, 0.5) is 0 Å². The van der Waals surface area contributed by atoms with E-state index in [1.807, 2.05) is 49.0 Å². The number of fused-ring (bicyclic) bond motifs is 1. The van der Waals surface area contributed by atoms with Gasteiger partial charge in [0.05, 0.1) is 31.2 Å². The van der Waals surface area contributed by atoms with Crippen LogP contribution in [0, 0.1) is 13.8 Å². The first-order chi connectivity index (χ1) is 17.9. The van der Waals surface area contributed by atoms with E-state index in [0.717, 1.165) is 41.2 Å². The van der Waals surface area contributed by atoms with Gasteiger partial charge in [0.25, 0.3) is 5.56 Å². The fourth-order valence-electron chi connectivity index (χ4n) is 4.67. The topological polar surface area (TPSA) is 114 Å². The largest absolute Gasteiger partial charge is 0.480 e. The third kappa shape index (κ3) is 4.14. The monoisotopic (exact) mass is 494 g/mol. The van der Waals surface area contributed by atoms with Gasteiger partial charge in [0.2, 0.25) is 5.88 Å². The quantitative estimate of drug-likeness (QED) is 0.352. The highest BCUT2D eigenvalue weighted by molar-refractivity contribution is 5.75. The Morgan fingerprint density at radius 1 is 1.03 bits per heavy atom. The maximum atomic E-state index is 13.3. The van der Waals surface area contributed by atoms with E-state index >= 15 is 0 Å². The molecule has 5 aromatic rings. The Morgan fingerprint density at radius 2 is 1.81 bits per heavy atom. The molecule has 0 aliphatic heterocycles. The molecule has 0 atom stereocenters. The van der Waals surface area contributed by atoms with Crippen molar-refractivity contribution in [3.05, 3.63) is 76.0 Å². The van der Waals surface area contributed by atoms with Crippen LogP contribution in [0.25, 0.3) is 33.9 Å². The zero-order chi connectivity index (χ0) is 25.7. The molecule has 0 spiro atoms. The van der Waals surface area contributed by atoms with Crippen molar-refractivity contribution in [3.63, 3.8) is 0 Å². The van der Waals surface area contributed by atoms with E-state index < -0.39 is 0 Å². The summed E-state index contributed by atoms with van der Waals surface area (Å²) in [7, 11) is 3.55. The first-order valence-electron chi connectivity index (χ1n) is 12.2. The fraction of sp³-hybridized carbons (Fsp3) is 0.296. The molecular weight excluding hydrogens is 468 g/mol. The molecule has 6 rings (SSSR count). The highest BCUT2D eigenvalue weighted by atomic mass is 16.5. The highest BCUT2D eigenvalue weighted by Gasteiger charge is 2.31. The van der Waals surface area contributed by atoms with E-state index in [4.69, 9.17) is 9.72 Å². The summed E-state index contributed by atoms with van der Waals surface area (Å²) < 4.78 is 9.19. The number of rotatable bonds is 6. The van der Waals surface area contributed by atoms with Gasteiger partial charge in [0, 0.05) is 24.7 Å². The van der Waals surface area contributed by atoms with Crippen molar-refractivity contribution in [3.8, 4) is 28.7 Å². The van der Waals surface area contributed by atoms with Gasteiger partial charge in [-0.15, -0.1) is 0 Å². The SMILES string of the molecule is COc1ncnc(C2CC2)c1-c1ncc2nc(C)c(=O)n(Cc3ccc(-c4nc(C)cn4C)cc3)c2n1. The van der Waals surface area contributed by atoms with E-state index in [2.05, 4.69) is 24.9 Å². The van der Waals surface area contributed by atoms with Crippen molar-refractivity contribution in [1.82, 2.24) is 39.0 Å². The molecule has 1 aromatic carbocycles. The molecule has 1 fully saturated rings. The molecule has 1 saturated carbocycles. The van der Waals surface area contributed by atoms with Crippen LogP contribution in [-0.2, 0) is 13.6 Å². The van der Waals surface area contributed by atoms with Crippen LogP contribution in [0.2, 0.25) is 0 Å². The molecule has 0 saturated heterocycles. The summed E-state index contributed by atoms with van der Waals surface area (Å²) in [5.74, 6) is 2.08. The molecule has 37 heavy (non-hydrogen) atoms. The normalized spacial score (nSPS) is 13.3. The number of methoxy groups -OCH3 is 1. The van der Waals surface area contributed by atoms with E-state index in [-0.39, 0.29) is 5.56 Å². The van der Waals surface area contributed by atoms with Crippen LogP contribution in [0.3, 0.4) is 0 Å². The number of hydrogen-bond donors (Lipinski definition) is 0. The number of hydrogen-bond acceptors (Lipinski definition) is 8. The Labute approximate surface area is 213 Å². The van der Waals surface area contributed by atoms with Gasteiger partial charge in [-0.3, -0.25) is 9.36 Å². The van der Waals surface area contributed by atoms with E-state index in [9.17, 15) is 4.79 Å². The molecule has 0 radical (unpaired) electrons. The highest BCUT2D eigenvalue weighted by Crippen LogP contribution is 2.44. The Kier molecular flexibility index (Phi) is 5.51. The fourth-order valence-corrected chi connectivity index (χ4v) is 4.67. The third-order valence-corrected chi connectivity index (χ3v) is 6.62. The molecule has 4 heterocycles. The Morgan fingerprint density at radius 3 is 2.49 bits per heavy atom. The van der Waals surface area contributed by atoms with Gasteiger partial charge in [-0.1, -0.05) is 24.3 Å². The Bertz CT molecular complexity index is 1700. The summed E-state index contributed by atoms with van der Waals surface area (Å²) in [6.07, 6.45) is 7.26. The maximum absolute atomic E-state index is 13.3. The molecule has 0 unspecified atom stereocenters. The summed E-state index contributed by atoms with van der Waals surface area (Å²) >= 11 is 0. The van der Waals surface area contributed by atoms with Crippen LogP contribution < -0.4 is 10.3 Å². The van der Waals surface area contributed by atoms with E-state index in [0.29, 0.717) is 46.6 Å². The number of nitrogens with zero attached hydrogens (tertiary/aromatic N) is 8. The minimum Gasteiger partial charge on any atom is -0.480 e. The van der Waals surface area contributed by atoms with Gasteiger partial charge in [0.1, 0.15) is 28.9 Å². The van der Waals surface area contributed by atoms with Crippen molar-refractivity contribution in [2.45, 2.75) is 39.2 Å². The lowest BCUT2D eigenvalue weighted by atomic mass is 10.1. The molecule has 10 nitrogen and oxygen atoms in total. The third-order valence-electron chi connectivity index (χ3n) is 6.62. The lowest BCUT2D eigenvalue weighted by Gasteiger charge is -2.14. The number of ether oxygens (including phenoxy) is 1. The zero-order valence-corrected chi connectivity index (χ0v) is 21.1. The number of imidazole rings is 1. The first kappa shape index (κ1) is 23.0. The molecule has 0 N–H and O–H groups in total. The summed E-state index contributed by atoms with van der Waals surface area (Å²) in [6.45, 7) is 4.02. The summed E-state index contributed by atoms with van der Waals surface area (Å²) in [4.78, 5) is 40.5. The second-order valence-corrected chi connectivity index (χ2v) is 9.42. The minimum atomic E-state index is -0.195.